The quantitative estimate of drug-likeness (QED) is 0.755. The average Bonchev–Trinajstić information content (AvgIpc) is 2.35. The smallest absolute Gasteiger partial charge is 0.330 e. The van der Waals surface area contributed by atoms with Gasteiger partial charge in [-0.2, -0.15) is 13.2 Å². The molecular formula is C12H16BF3N2O. The molecular weight excluding hydrogens is 256 g/mol. The zero-order valence-electron chi connectivity index (χ0n) is 11.4. The second kappa shape index (κ2) is 5.55. The van der Waals surface area contributed by atoms with Crippen molar-refractivity contribution in [3.8, 4) is 0 Å². The maximum atomic E-state index is 12.8. The molecule has 0 atom stereocenters. The number of rotatable bonds is 2. The molecule has 1 aromatic carbocycles. The second-order valence-corrected chi connectivity index (χ2v) is 4.48. The highest BCUT2D eigenvalue weighted by molar-refractivity contribution is 6.52. The van der Waals surface area contributed by atoms with Crippen LogP contribution in [0.1, 0.15) is 5.56 Å². The van der Waals surface area contributed by atoms with E-state index in [2.05, 4.69) is 0 Å². The predicted molar refractivity (Wildman–Crippen MR) is 71.6 cm³/mol. The Morgan fingerprint density at radius 1 is 1.16 bits per heavy atom. The monoisotopic (exact) mass is 272 g/mol. The average molecular weight is 272 g/mol. The number of halogens is 3. The maximum Gasteiger partial charge on any atom is 0.416 e. The zero-order valence-corrected chi connectivity index (χ0v) is 11.4. The predicted octanol–water partition coefficient (Wildman–Crippen LogP) is 1.93. The van der Waals surface area contributed by atoms with Crippen LogP contribution in [0.15, 0.2) is 18.2 Å². The molecule has 2 amide bonds. The van der Waals surface area contributed by atoms with E-state index in [1.54, 1.807) is 27.0 Å². The van der Waals surface area contributed by atoms with Crippen LogP contribution in [0.5, 0.6) is 0 Å². The first-order valence-electron chi connectivity index (χ1n) is 5.83. The molecule has 0 radical (unpaired) electrons. The summed E-state index contributed by atoms with van der Waals surface area (Å²) in [7, 11) is 5.03. The Morgan fingerprint density at radius 3 is 2.16 bits per heavy atom. The number of hydrogen-bond donors (Lipinski definition) is 0. The van der Waals surface area contributed by atoms with Gasteiger partial charge in [-0.25, -0.2) is 4.79 Å². The molecule has 0 bridgehead atoms. The molecule has 3 nitrogen and oxygen atoms in total. The second-order valence-electron chi connectivity index (χ2n) is 4.48. The van der Waals surface area contributed by atoms with Crippen molar-refractivity contribution >= 4 is 24.5 Å². The van der Waals surface area contributed by atoms with E-state index in [0.717, 1.165) is 12.1 Å². The fraction of sp³-hybridized carbons (Fsp3) is 0.417. The fourth-order valence-electron chi connectivity index (χ4n) is 1.65. The molecule has 104 valence electrons. The lowest BCUT2D eigenvalue weighted by Crippen LogP contribution is -2.37. The van der Waals surface area contributed by atoms with Crippen LogP contribution in [-0.4, -0.2) is 39.4 Å². The van der Waals surface area contributed by atoms with Gasteiger partial charge in [-0.1, -0.05) is 18.4 Å². The Balaban J connectivity index is 3.24. The number of alkyl halides is 3. The van der Waals surface area contributed by atoms with Gasteiger partial charge in [0.25, 0.3) is 0 Å². The summed E-state index contributed by atoms with van der Waals surface area (Å²) in [5.74, 6) is 0. The van der Waals surface area contributed by atoms with Crippen molar-refractivity contribution in [2.24, 2.45) is 0 Å². The number of carbonyl (C=O) groups excluding carboxylic acids is 1. The molecule has 0 aliphatic rings. The molecule has 0 fully saturated rings. The molecule has 0 saturated heterocycles. The first kappa shape index (κ1) is 15.4. The number of nitrogens with zero attached hydrogens (tertiary/aromatic N) is 2. The van der Waals surface area contributed by atoms with Crippen molar-refractivity contribution in [2.75, 3.05) is 26.0 Å². The molecule has 1 aromatic rings. The highest BCUT2D eigenvalue weighted by atomic mass is 19.4. The lowest BCUT2D eigenvalue weighted by molar-refractivity contribution is -0.137. The lowest BCUT2D eigenvalue weighted by atomic mass is 9.72. The molecule has 0 spiro atoms. The van der Waals surface area contributed by atoms with E-state index >= 15 is 0 Å². The summed E-state index contributed by atoms with van der Waals surface area (Å²) in [4.78, 5) is 14.3. The Kier molecular flexibility index (Phi) is 4.50. The van der Waals surface area contributed by atoms with Gasteiger partial charge in [-0.05, 0) is 12.1 Å². The van der Waals surface area contributed by atoms with Crippen molar-refractivity contribution in [2.45, 2.75) is 13.0 Å². The molecule has 0 aromatic heterocycles. The topological polar surface area (TPSA) is 23.6 Å². The Hall–Kier alpha value is -1.66. The van der Waals surface area contributed by atoms with Gasteiger partial charge in [-0.3, -0.25) is 4.90 Å². The van der Waals surface area contributed by atoms with Crippen LogP contribution in [-0.2, 0) is 6.18 Å². The number of carbonyl (C=O) groups is 1. The molecule has 0 N–H and O–H groups in total. The van der Waals surface area contributed by atoms with Gasteiger partial charge in [0.05, 0.1) is 5.56 Å². The molecule has 0 heterocycles. The highest BCUT2D eigenvalue weighted by Gasteiger charge is 2.31. The van der Waals surface area contributed by atoms with Gasteiger partial charge in [0.2, 0.25) is 0 Å². The van der Waals surface area contributed by atoms with E-state index in [1.807, 2.05) is 0 Å². The Bertz CT molecular complexity index is 475. The number of amides is 2. The van der Waals surface area contributed by atoms with E-state index < -0.39 is 11.7 Å². The summed E-state index contributed by atoms with van der Waals surface area (Å²) in [5.41, 5.74) is 0.0499. The van der Waals surface area contributed by atoms with Crippen molar-refractivity contribution < 1.29 is 18.0 Å². The van der Waals surface area contributed by atoms with Crippen LogP contribution >= 0.6 is 0 Å². The molecule has 0 aliphatic heterocycles. The lowest BCUT2D eigenvalue weighted by Gasteiger charge is -2.23. The van der Waals surface area contributed by atoms with Crippen molar-refractivity contribution in [1.29, 1.82) is 0 Å². The van der Waals surface area contributed by atoms with E-state index in [0.29, 0.717) is 12.7 Å². The Labute approximate surface area is 111 Å². The number of anilines is 1. The summed E-state index contributed by atoms with van der Waals surface area (Å²) in [5, 5.41) is 0. The van der Waals surface area contributed by atoms with Crippen LogP contribution in [0.2, 0.25) is 6.82 Å². The van der Waals surface area contributed by atoms with Gasteiger partial charge in [0.15, 0.2) is 7.28 Å². The van der Waals surface area contributed by atoms with Gasteiger partial charge in [0.1, 0.15) is 0 Å². The largest absolute Gasteiger partial charge is 0.416 e. The third kappa shape index (κ3) is 3.65. The van der Waals surface area contributed by atoms with Gasteiger partial charge in [0, 0.05) is 26.8 Å². The minimum Gasteiger partial charge on any atom is -0.330 e. The highest BCUT2D eigenvalue weighted by Crippen LogP contribution is 2.31. The van der Waals surface area contributed by atoms with E-state index in [1.165, 1.54) is 16.8 Å². The number of benzene rings is 1. The van der Waals surface area contributed by atoms with Crippen LogP contribution < -0.4 is 10.4 Å². The first-order valence-corrected chi connectivity index (χ1v) is 5.83. The zero-order chi connectivity index (χ0) is 14.8. The summed E-state index contributed by atoms with van der Waals surface area (Å²) < 4.78 is 38.4. The molecule has 0 saturated carbocycles. The van der Waals surface area contributed by atoms with E-state index in [4.69, 9.17) is 0 Å². The minimum absolute atomic E-state index is 0.241. The maximum absolute atomic E-state index is 12.8. The van der Waals surface area contributed by atoms with Crippen LogP contribution in [0, 0.1) is 0 Å². The fourth-order valence-corrected chi connectivity index (χ4v) is 1.65. The van der Waals surface area contributed by atoms with Gasteiger partial charge >= 0.3 is 12.2 Å². The van der Waals surface area contributed by atoms with Crippen LogP contribution in [0.4, 0.5) is 23.7 Å². The van der Waals surface area contributed by atoms with E-state index in [-0.39, 0.29) is 11.7 Å². The molecule has 7 heteroatoms. The molecule has 0 unspecified atom stereocenters. The molecule has 0 aliphatic carbocycles. The van der Waals surface area contributed by atoms with Crippen LogP contribution in [0.25, 0.3) is 0 Å². The summed E-state index contributed by atoms with van der Waals surface area (Å²) in [6.45, 7) is 1.77. The number of urea groups is 1. The number of hydrogen-bond acceptors (Lipinski definition) is 1. The molecule has 1 rings (SSSR count). The van der Waals surface area contributed by atoms with Crippen molar-refractivity contribution in [1.82, 2.24) is 4.90 Å². The molecule has 19 heavy (non-hydrogen) atoms. The Morgan fingerprint density at radius 2 is 1.74 bits per heavy atom. The normalized spacial score (nSPS) is 11.1. The summed E-state index contributed by atoms with van der Waals surface area (Å²) in [6, 6.07) is 3.32. The van der Waals surface area contributed by atoms with Gasteiger partial charge < -0.3 is 4.90 Å². The van der Waals surface area contributed by atoms with Crippen LogP contribution in [0.3, 0.4) is 0 Å². The SMILES string of the molecule is CBc1cc(N(C)C(=O)N(C)C)cc(C(F)(F)F)c1. The third-order valence-electron chi connectivity index (χ3n) is 2.77. The first-order chi connectivity index (χ1) is 8.66. The minimum atomic E-state index is -4.41. The standard InChI is InChI=1S/C12H16BF3N2O/c1-13-9-5-8(12(14,15)16)6-10(7-9)18(4)11(19)17(2)3/h5-7,13H,1-4H3. The third-order valence-corrected chi connectivity index (χ3v) is 2.77. The van der Waals surface area contributed by atoms with Crippen molar-refractivity contribution in [3.05, 3.63) is 23.8 Å². The van der Waals surface area contributed by atoms with Gasteiger partial charge in [-0.15, -0.1) is 0 Å². The van der Waals surface area contributed by atoms with E-state index in [9.17, 15) is 18.0 Å². The van der Waals surface area contributed by atoms with Crippen molar-refractivity contribution in [3.63, 3.8) is 0 Å². The summed E-state index contributed by atoms with van der Waals surface area (Å²) in [6.07, 6.45) is -4.41. The summed E-state index contributed by atoms with van der Waals surface area (Å²) >= 11 is 0.